The molecule has 1 heterocycles. The van der Waals surface area contributed by atoms with Gasteiger partial charge in [-0.1, -0.05) is 41.9 Å². The number of amides is 3. The average molecular weight is 492 g/mol. The average Bonchev–Trinajstić information content (AvgIpc) is 3.09. The second kappa shape index (κ2) is 9.11. The highest BCUT2D eigenvalue weighted by Crippen LogP contribution is 2.32. The molecule has 9 nitrogen and oxygen atoms in total. The lowest BCUT2D eigenvalue weighted by Gasteiger charge is -2.29. The van der Waals surface area contributed by atoms with E-state index in [2.05, 4.69) is 0 Å². The summed E-state index contributed by atoms with van der Waals surface area (Å²) in [6.45, 7) is 3.02. The number of hydrazine groups is 1. The summed E-state index contributed by atoms with van der Waals surface area (Å²) in [5, 5.41) is 12.7. The van der Waals surface area contributed by atoms with E-state index in [1.807, 2.05) is 13.8 Å². The largest absolute Gasteiger partial charge is 0.292 e. The maximum absolute atomic E-state index is 13.5. The van der Waals surface area contributed by atoms with Crippen LogP contribution in [0.4, 0.5) is 5.69 Å². The van der Waals surface area contributed by atoms with E-state index >= 15 is 0 Å². The van der Waals surface area contributed by atoms with Gasteiger partial charge in [-0.25, -0.2) is 5.01 Å². The summed E-state index contributed by atoms with van der Waals surface area (Å²) >= 11 is 6.18. The molecule has 0 aliphatic carbocycles. The summed E-state index contributed by atoms with van der Waals surface area (Å²) in [5.41, 5.74) is 0.766. The summed E-state index contributed by atoms with van der Waals surface area (Å²) in [5.74, 6) is -3.46. The second-order valence-electron chi connectivity index (χ2n) is 7.94. The molecular formula is C25H18ClN3O6. The van der Waals surface area contributed by atoms with Crippen molar-refractivity contribution in [3.63, 3.8) is 0 Å². The predicted octanol–water partition coefficient (Wildman–Crippen LogP) is 4.40. The van der Waals surface area contributed by atoms with Crippen LogP contribution in [0.1, 0.15) is 52.6 Å². The molecule has 1 aliphatic rings. The van der Waals surface area contributed by atoms with Gasteiger partial charge in [0.15, 0.2) is 5.78 Å². The van der Waals surface area contributed by atoms with Crippen LogP contribution in [0, 0.1) is 24.0 Å². The Kier molecular flexibility index (Phi) is 6.19. The number of aryl methyl sites for hydroxylation is 2. The molecule has 0 saturated heterocycles. The van der Waals surface area contributed by atoms with Gasteiger partial charge in [0, 0.05) is 11.6 Å². The molecule has 0 aromatic heterocycles. The molecule has 3 aromatic carbocycles. The number of benzene rings is 3. The van der Waals surface area contributed by atoms with Crippen molar-refractivity contribution in [1.29, 1.82) is 0 Å². The fraction of sp³-hybridized carbons (Fsp3) is 0.120. The molecule has 4 rings (SSSR count). The quantitative estimate of drug-likeness (QED) is 0.218. The van der Waals surface area contributed by atoms with Crippen molar-refractivity contribution in [3.05, 3.63) is 109 Å². The third kappa shape index (κ3) is 4.17. The topological polar surface area (TPSA) is 118 Å². The number of halogens is 1. The van der Waals surface area contributed by atoms with Gasteiger partial charge in [-0.15, -0.1) is 0 Å². The third-order valence-corrected chi connectivity index (χ3v) is 6.10. The number of rotatable bonds is 6. The molecule has 0 saturated carbocycles. The van der Waals surface area contributed by atoms with Gasteiger partial charge in [-0.3, -0.25) is 29.3 Å². The number of carbonyl (C=O) groups excluding carboxylic acids is 4. The molecule has 0 unspecified atom stereocenters. The Bertz CT molecular complexity index is 1430. The maximum Gasteiger partial charge on any atom is 0.287 e. The van der Waals surface area contributed by atoms with Crippen LogP contribution in [0.5, 0.6) is 0 Å². The molecular weight excluding hydrogens is 474 g/mol. The fourth-order valence-corrected chi connectivity index (χ4v) is 3.99. The molecule has 0 fully saturated rings. The van der Waals surface area contributed by atoms with Crippen molar-refractivity contribution in [1.82, 2.24) is 10.0 Å². The molecule has 10 heteroatoms. The minimum absolute atomic E-state index is 0.0451. The van der Waals surface area contributed by atoms with E-state index in [0.717, 1.165) is 17.2 Å². The minimum atomic E-state index is -1.08. The Balaban J connectivity index is 1.80. The Morgan fingerprint density at radius 3 is 2.34 bits per heavy atom. The summed E-state index contributed by atoms with van der Waals surface area (Å²) in [4.78, 5) is 63.9. The highest BCUT2D eigenvalue weighted by atomic mass is 35.5. The number of hydrogen-bond acceptors (Lipinski definition) is 6. The van der Waals surface area contributed by atoms with Crippen LogP contribution < -0.4 is 0 Å². The van der Waals surface area contributed by atoms with Gasteiger partial charge in [0.2, 0.25) is 0 Å². The standard InChI is InChI=1S/C25H18ClN3O6/c1-14-10-11-16(12-15(14)2)21(30)13-27(23(31)17-6-3-4-8-19(17)26)28-24(32)18-7-5-9-20(29(34)35)22(18)25(28)33/h3-12H,13H2,1-2H3. The van der Waals surface area contributed by atoms with Crippen LogP contribution >= 0.6 is 11.6 Å². The van der Waals surface area contributed by atoms with E-state index < -0.39 is 46.2 Å². The maximum atomic E-state index is 13.5. The third-order valence-electron chi connectivity index (χ3n) is 5.77. The van der Waals surface area contributed by atoms with E-state index in [9.17, 15) is 29.3 Å². The van der Waals surface area contributed by atoms with Crippen LogP contribution in [0.2, 0.25) is 5.02 Å². The Labute approximate surface area is 204 Å². The number of fused-ring (bicyclic) bond motifs is 1. The first-order valence-electron chi connectivity index (χ1n) is 10.4. The Morgan fingerprint density at radius 2 is 1.69 bits per heavy atom. The molecule has 0 N–H and O–H groups in total. The van der Waals surface area contributed by atoms with Crippen LogP contribution in [-0.4, -0.2) is 45.0 Å². The van der Waals surface area contributed by atoms with Crippen molar-refractivity contribution in [2.24, 2.45) is 0 Å². The van der Waals surface area contributed by atoms with Crippen molar-refractivity contribution >= 4 is 40.8 Å². The number of carbonyl (C=O) groups is 4. The predicted molar refractivity (Wildman–Crippen MR) is 126 cm³/mol. The fourth-order valence-electron chi connectivity index (χ4n) is 3.78. The number of hydrogen-bond donors (Lipinski definition) is 0. The van der Waals surface area contributed by atoms with Crippen molar-refractivity contribution in [3.8, 4) is 0 Å². The summed E-state index contributed by atoms with van der Waals surface area (Å²) in [6.07, 6.45) is 0. The van der Waals surface area contributed by atoms with Gasteiger partial charge in [-0.05, 0) is 49.2 Å². The number of nitro benzene ring substituents is 1. The Hall–Kier alpha value is -4.37. The van der Waals surface area contributed by atoms with Gasteiger partial charge in [0.1, 0.15) is 12.1 Å². The zero-order valence-electron chi connectivity index (χ0n) is 18.6. The molecule has 35 heavy (non-hydrogen) atoms. The van der Waals surface area contributed by atoms with Crippen LogP contribution in [0.25, 0.3) is 0 Å². The summed E-state index contributed by atoms with van der Waals surface area (Å²) < 4.78 is 0. The van der Waals surface area contributed by atoms with Gasteiger partial charge >= 0.3 is 0 Å². The highest BCUT2D eigenvalue weighted by molar-refractivity contribution is 6.34. The van der Waals surface area contributed by atoms with E-state index in [4.69, 9.17) is 11.6 Å². The van der Waals surface area contributed by atoms with Crippen LogP contribution in [0.15, 0.2) is 60.7 Å². The zero-order valence-corrected chi connectivity index (χ0v) is 19.4. The summed E-state index contributed by atoms with van der Waals surface area (Å²) in [7, 11) is 0. The van der Waals surface area contributed by atoms with E-state index in [-0.39, 0.29) is 21.7 Å². The van der Waals surface area contributed by atoms with E-state index in [0.29, 0.717) is 10.0 Å². The molecule has 0 radical (unpaired) electrons. The van der Waals surface area contributed by atoms with Crippen molar-refractivity contribution < 1.29 is 24.1 Å². The highest BCUT2D eigenvalue weighted by Gasteiger charge is 2.46. The van der Waals surface area contributed by atoms with Crippen molar-refractivity contribution in [2.75, 3.05) is 6.54 Å². The number of Topliss-reactive ketones (excluding diaryl/α,β-unsaturated/α-hetero) is 1. The zero-order chi connectivity index (χ0) is 25.4. The second-order valence-corrected chi connectivity index (χ2v) is 8.35. The summed E-state index contributed by atoms with van der Waals surface area (Å²) in [6, 6.07) is 14.5. The van der Waals surface area contributed by atoms with Gasteiger partial charge in [0.25, 0.3) is 23.4 Å². The monoisotopic (exact) mass is 491 g/mol. The molecule has 3 amide bonds. The smallest absolute Gasteiger partial charge is 0.287 e. The molecule has 0 spiro atoms. The molecule has 0 atom stereocenters. The molecule has 176 valence electrons. The van der Waals surface area contributed by atoms with E-state index in [1.54, 1.807) is 24.3 Å². The first-order chi connectivity index (χ1) is 16.6. The van der Waals surface area contributed by atoms with Crippen molar-refractivity contribution in [2.45, 2.75) is 13.8 Å². The van der Waals surface area contributed by atoms with Crippen LogP contribution in [-0.2, 0) is 0 Å². The normalized spacial score (nSPS) is 12.5. The molecule has 0 bridgehead atoms. The number of nitrogens with zero attached hydrogens (tertiary/aromatic N) is 3. The van der Waals surface area contributed by atoms with E-state index in [1.165, 1.54) is 30.3 Å². The number of imide groups is 1. The van der Waals surface area contributed by atoms with Gasteiger partial charge in [-0.2, -0.15) is 5.01 Å². The SMILES string of the molecule is Cc1ccc(C(=O)CN(C(=O)c2ccccc2Cl)N2C(=O)c3cccc([N+](=O)[O-])c3C2=O)cc1C. The minimum Gasteiger partial charge on any atom is -0.292 e. The Morgan fingerprint density at radius 1 is 0.971 bits per heavy atom. The lowest BCUT2D eigenvalue weighted by Crippen LogP contribution is -2.51. The van der Waals surface area contributed by atoms with Gasteiger partial charge in [0.05, 0.1) is 21.1 Å². The molecule has 1 aliphatic heterocycles. The number of nitro groups is 1. The number of ketones is 1. The lowest BCUT2D eigenvalue weighted by molar-refractivity contribution is -0.385. The van der Waals surface area contributed by atoms with Gasteiger partial charge < -0.3 is 0 Å². The first kappa shape index (κ1) is 23.8. The lowest BCUT2D eigenvalue weighted by atomic mass is 10.0. The molecule has 3 aromatic rings. The first-order valence-corrected chi connectivity index (χ1v) is 10.8. The van der Waals surface area contributed by atoms with Crippen LogP contribution in [0.3, 0.4) is 0 Å².